The molecule has 0 spiro atoms. The molecule has 1 nitrogen and oxygen atoms in total. The van der Waals surface area contributed by atoms with Crippen LogP contribution < -0.4 is 5.32 Å². The highest BCUT2D eigenvalue weighted by atomic mass is 35.5. The van der Waals surface area contributed by atoms with Crippen LogP contribution in [0.15, 0.2) is 30.3 Å². The van der Waals surface area contributed by atoms with Crippen LogP contribution in [0.5, 0.6) is 0 Å². The summed E-state index contributed by atoms with van der Waals surface area (Å²) in [6, 6.07) is 10.8. The summed E-state index contributed by atoms with van der Waals surface area (Å²) in [7, 11) is 0. The van der Waals surface area contributed by atoms with Crippen LogP contribution in [0, 0.1) is 13.8 Å². The lowest BCUT2D eigenvalue weighted by Gasteiger charge is -2.18. The molecule has 1 heterocycles. The first-order valence-electron chi connectivity index (χ1n) is 6.65. The standard InChI is InChI=1S/C16H20ClNS/c1-4-18-15(16-11(2)9-12(3)19-16)10-13-5-7-14(17)8-6-13/h5-9,15,18H,4,10H2,1-3H3. The molecule has 0 aliphatic rings. The van der Waals surface area contributed by atoms with E-state index in [0.29, 0.717) is 6.04 Å². The van der Waals surface area contributed by atoms with Crippen molar-refractivity contribution in [3.05, 3.63) is 56.2 Å². The van der Waals surface area contributed by atoms with Gasteiger partial charge in [-0.25, -0.2) is 0 Å². The SMILES string of the molecule is CCNC(Cc1ccc(Cl)cc1)c1sc(C)cc1C. The average Bonchev–Trinajstić information content (AvgIpc) is 2.71. The fourth-order valence-electron chi connectivity index (χ4n) is 2.37. The molecule has 0 radical (unpaired) electrons. The van der Waals surface area contributed by atoms with Crippen LogP contribution in [-0.4, -0.2) is 6.54 Å². The first-order chi connectivity index (χ1) is 9.10. The van der Waals surface area contributed by atoms with Crippen molar-refractivity contribution in [2.75, 3.05) is 6.54 Å². The number of nitrogens with one attached hydrogen (secondary N) is 1. The Kier molecular flexibility index (Phi) is 5.03. The number of likely N-dealkylation sites (N-methyl/N-ethyl adjacent to an activating group) is 1. The van der Waals surface area contributed by atoms with Crippen LogP contribution in [0.25, 0.3) is 0 Å². The summed E-state index contributed by atoms with van der Waals surface area (Å²) in [5.74, 6) is 0. The zero-order chi connectivity index (χ0) is 13.8. The third kappa shape index (κ3) is 3.82. The highest BCUT2D eigenvalue weighted by Gasteiger charge is 2.16. The van der Waals surface area contributed by atoms with E-state index in [9.17, 15) is 0 Å². The Labute approximate surface area is 124 Å². The molecule has 1 unspecified atom stereocenters. The molecule has 0 aliphatic heterocycles. The molecular weight excluding hydrogens is 274 g/mol. The molecule has 2 rings (SSSR count). The molecule has 1 N–H and O–H groups in total. The number of aryl methyl sites for hydroxylation is 2. The summed E-state index contributed by atoms with van der Waals surface area (Å²) >= 11 is 7.84. The Morgan fingerprint density at radius 3 is 2.42 bits per heavy atom. The van der Waals surface area contributed by atoms with Crippen molar-refractivity contribution in [1.29, 1.82) is 0 Å². The predicted molar refractivity (Wildman–Crippen MR) is 85.4 cm³/mol. The third-order valence-corrected chi connectivity index (χ3v) is 4.72. The molecule has 3 heteroatoms. The van der Waals surface area contributed by atoms with Crippen molar-refractivity contribution in [3.8, 4) is 0 Å². The minimum absolute atomic E-state index is 0.393. The van der Waals surface area contributed by atoms with E-state index in [-0.39, 0.29) is 0 Å². The highest BCUT2D eigenvalue weighted by molar-refractivity contribution is 7.12. The molecule has 1 aromatic carbocycles. The number of hydrogen-bond donors (Lipinski definition) is 1. The summed E-state index contributed by atoms with van der Waals surface area (Å²) in [5, 5.41) is 4.39. The van der Waals surface area contributed by atoms with Gasteiger partial charge in [-0.15, -0.1) is 11.3 Å². The van der Waals surface area contributed by atoms with E-state index < -0.39 is 0 Å². The zero-order valence-electron chi connectivity index (χ0n) is 11.7. The maximum absolute atomic E-state index is 5.94. The van der Waals surface area contributed by atoms with Crippen molar-refractivity contribution >= 4 is 22.9 Å². The average molecular weight is 294 g/mol. The summed E-state index contributed by atoms with van der Waals surface area (Å²) in [6.07, 6.45) is 1.01. The summed E-state index contributed by atoms with van der Waals surface area (Å²) in [5.41, 5.74) is 2.71. The van der Waals surface area contributed by atoms with E-state index in [1.165, 1.54) is 20.9 Å². The normalized spacial score (nSPS) is 12.6. The van der Waals surface area contributed by atoms with Crippen molar-refractivity contribution in [2.45, 2.75) is 33.2 Å². The molecule has 1 aromatic heterocycles. The molecule has 0 saturated carbocycles. The van der Waals surface area contributed by atoms with Crippen LogP contribution in [0.3, 0.4) is 0 Å². The Hall–Kier alpha value is -0.830. The molecule has 102 valence electrons. The van der Waals surface area contributed by atoms with E-state index >= 15 is 0 Å². The predicted octanol–water partition coefficient (Wildman–Crippen LogP) is 4.91. The first-order valence-corrected chi connectivity index (χ1v) is 7.84. The van der Waals surface area contributed by atoms with Gasteiger partial charge in [-0.3, -0.25) is 0 Å². The van der Waals surface area contributed by atoms with Crippen molar-refractivity contribution in [1.82, 2.24) is 5.32 Å². The Balaban J connectivity index is 2.20. The van der Waals surface area contributed by atoms with E-state index in [0.717, 1.165) is 18.0 Å². The quantitative estimate of drug-likeness (QED) is 0.826. The van der Waals surface area contributed by atoms with Gasteiger partial charge in [0.25, 0.3) is 0 Å². The minimum atomic E-state index is 0.393. The number of thiophene rings is 1. The van der Waals surface area contributed by atoms with E-state index in [1.54, 1.807) is 0 Å². The molecule has 0 bridgehead atoms. The van der Waals surface area contributed by atoms with E-state index in [2.05, 4.69) is 44.3 Å². The number of rotatable bonds is 5. The highest BCUT2D eigenvalue weighted by Crippen LogP contribution is 2.30. The van der Waals surface area contributed by atoms with Crippen molar-refractivity contribution in [2.24, 2.45) is 0 Å². The monoisotopic (exact) mass is 293 g/mol. The largest absolute Gasteiger partial charge is 0.309 e. The molecule has 0 saturated heterocycles. The third-order valence-electron chi connectivity index (χ3n) is 3.20. The molecule has 19 heavy (non-hydrogen) atoms. The maximum Gasteiger partial charge on any atom is 0.0458 e. The molecule has 0 amide bonds. The zero-order valence-corrected chi connectivity index (χ0v) is 13.2. The summed E-state index contributed by atoms with van der Waals surface area (Å²) in [4.78, 5) is 2.83. The van der Waals surface area contributed by atoms with Crippen LogP contribution in [0.4, 0.5) is 0 Å². The summed E-state index contributed by atoms with van der Waals surface area (Å²) in [6.45, 7) is 7.51. The number of benzene rings is 1. The van der Waals surface area contributed by atoms with Gasteiger partial charge in [0.1, 0.15) is 0 Å². The second-order valence-electron chi connectivity index (χ2n) is 4.85. The van der Waals surface area contributed by atoms with Gasteiger partial charge in [0.2, 0.25) is 0 Å². The van der Waals surface area contributed by atoms with Crippen LogP contribution in [0.2, 0.25) is 5.02 Å². The number of hydrogen-bond acceptors (Lipinski definition) is 2. The van der Waals surface area contributed by atoms with Gasteiger partial charge in [-0.1, -0.05) is 30.7 Å². The van der Waals surface area contributed by atoms with Gasteiger partial charge in [0, 0.05) is 20.8 Å². The Bertz CT molecular complexity index is 530. The lowest BCUT2D eigenvalue weighted by molar-refractivity contribution is 0.556. The van der Waals surface area contributed by atoms with Gasteiger partial charge in [0.05, 0.1) is 0 Å². The van der Waals surface area contributed by atoms with Gasteiger partial charge >= 0.3 is 0 Å². The second kappa shape index (κ2) is 6.56. The van der Waals surface area contributed by atoms with Gasteiger partial charge < -0.3 is 5.32 Å². The molecule has 1 atom stereocenters. The smallest absolute Gasteiger partial charge is 0.0458 e. The maximum atomic E-state index is 5.94. The lowest BCUT2D eigenvalue weighted by atomic mass is 10.0. The summed E-state index contributed by atoms with van der Waals surface area (Å²) < 4.78 is 0. The van der Waals surface area contributed by atoms with Crippen molar-refractivity contribution in [3.63, 3.8) is 0 Å². The molecular formula is C16H20ClNS. The molecule has 0 aliphatic carbocycles. The molecule has 2 aromatic rings. The van der Waals surface area contributed by atoms with E-state index in [1.807, 2.05) is 23.5 Å². The van der Waals surface area contributed by atoms with Crippen LogP contribution in [-0.2, 0) is 6.42 Å². The Morgan fingerprint density at radius 2 is 1.89 bits per heavy atom. The van der Waals surface area contributed by atoms with Gasteiger partial charge in [-0.05, 0) is 56.1 Å². The lowest BCUT2D eigenvalue weighted by Crippen LogP contribution is -2.22. The first kappa shape index (κ1) is 14.6. The van der Waals surface area contributed by atoms with E-state index in [4.69, 9.17) is 11.6 Å². The van der Waals surface area contributed by atoms with Crippen LogP contribution >= 0.6 is 22.9 Å². The fraction of sp³-hybridized carbons (Fsp3) is 0.375. The second-order valence-corrected chi connectivity index (χ2v) is 6.57. The number of halogens is 1. The fourth-order valence-corrected chi connectivity index (χ4v) is 3.60. The van der Waals surface area contributed by atoms with Crippen molar-refractivity contribution < 1.29 is 0 Å². The van der Waals surface area contributed by atoms with Crippen LogP contribution in [0.1, 0.15) is 33.8 Å². The van der Waals surface area contributed by atoms with Gasteiger partial charge in [-0.2, -0.15) is 0 Å². The molecule has 0 fully saturated rings. The topological polar surface area (TPSA) is 12.0 Å². The Morgan fingerprint density at radius 1 is 1.21 bits per heavy atom. The minimum Gasteiger partial charge on any atom is -0.309 e. The van der Waals surface area contributed by atoms with Gasteiger partial charge in [0.15, 0.2) is 0 Å².